The fraction of sp³-hybridized carbons (Fsp3) is 0.357. The molecule has 0 spiro atoms. The van der Waals surface area contributed by atoms with Gasteiger partial charge in [-0.2, -0.15) is 5.10 Å². The van der Waals surface area contributed by atoms with Gasteiger partial charge in [0.15, 0.2) is 6.17 Å². The third kappa shape index (κ3) is 2.04. The first kappa shape index (κ1) is 11.4. The van der Waals surface area contributed by atoms with E-state index in [4.69, 9.17) is 0 Å². The van der Waals surface area contributed by atoms with Crippen LogP contribution in [-0.2, 0) is 0 Å². The lowest BCUT2D eigenvalue weighted by Gasteiger charge is -2.17. The van der Waals surface area contributed by atoms with Crippen molar-refractivity contribution in [1.82, 2.24) is 15.1 Å². The fourth-order valence-corrected chi connectivity index (χ4v) is 2.47. The predicted molar refractivity (Wildman–Crippen MR) is 68.4 cm³/mol. The number of nitrogens with zero attached hydrogens (tertiary/aromatic N) is 2. The van der Waals surface area contributed by atoms with Crippen molar-refractivity contribution < 1.29 is 4.39 Å². The second-order valence-corrected chi connectivity index (χ2v) is 4.61. The van der Waals surface area contributed by atoms with Crippen LogP contribution in [0.15, 0.2) is 42.6 Å². The smallest absolute Gasteiger partial charge is 0.157 e. The Labute approximate surface area is 106 Å². The lowest BCUT2D eigenvalue weighted by atomic mass is 10.1. The van der Waals surface area contributed by atoms with Gasteiger partial charge in [0.05, 0.1) is 11.4 Å². The van der Waals surface area contributed by atoms with E-state index in [1.54, 1.807) is 16.9 Å². The van der Waals surface area contributed by atoms with Crippen molar-refractivity contribution in [3.05, 3.63) is 48.3 Å². The molecule has 0 aliphatic carbocycles. The van der Waals surface area contributed by atoms with E-state index in [0.29, 0.717) is 5.69 Å². The van der Waals surface area contributed by atoms with E-state index >= 15 is 0 Å². The molecule has 1 aliphatic rings. The van der Waals surface area contributed by atoms with Crippen LogP contribution in [0.25, 0.3) is 5.69 Å². The molecular formula is C14H16FN3. The minimum atomic E-state index is -1.00. The van der Waals surface area contributed by atoms with Crippen LogP contribution < -0.4 is 5.32 Å². The zero-order valence-electron chi connectivity index (χ0n) is 10.1. The Hall–Kier alpha value is -1.68. The largest absolute Gasteiger partial charge is 0.311 e. The van der Waals surface area contributed by atoms with Gasteiger partial charge in [-0.05, 0) is 37.6 Å². The summed E-state index contributed by atoms with van der Waals surface area (Å²) < 4.78 is 16.2. The number of aromatic nitrogens is 2. The molecule has 0 amide bonds. The molecule has 18 heavy (non-hydrogen) atoms. The van der Waals surface area contributed by atoms with Crippen LogP contribution in [0.2, 0.25) is 0 Å². The number of rotatable bonds is 3. The highest BCUT2D eigenvalue weighted by Crippen LogP contribution is 2.27. The van der Waals surface area contributed by atoms with Crippen LogP contribution in [0.5, 0.6) is 0 Å². The molecule has 0 saturated carbocycles. The van der Waals surface area contributed by atoms with Gasteiger partial charge in [-0.15, -0.1) is 0 Å². The Morgan fingerprint density at radius 1 is 1.28 bits per heavy atom. The van der Waals surface area contributed by atoms with Gasteiger partial charge in [-0.25, -0.2) is 9.07 Å². The van der Waals surface area contributed by atoms with E-state index in [9.17, 15) is 4.39 Å². The highest BCUT2D eigenvalue weighted by molar-refractivity contribution is 5.33. The summed E-state index contributed by atoms with van der Waals surface area (Å²) in [6, 6.07) is 11.4. The van der Waals surface area contributed by atoms with Crippen LogP contribution in [0.3, 0.4) is 0 Å². The Morgan fingerprint density at radius 3 is 2.83 bits per heavy atom. The minimum Gasteiger partial charge on any atom is -0.311 e. The van der Waals surface area contributed by atoms with Gasteiger partial charge in [-0.3, -0.25) is 0 Å². The second kappa shape index (κ2) is 4.90. The molecule has 94 valence electrons. The molecular weight excluding hydrogens is 229 g/mol. The molecule has 2 atom stereocenters. The second-order valence-electron chi connectivity index (χ2n) is 4.61. The van der Waals surface area contributed by atoms with Gasteiger partial charge in [-0.1, -0.05) is 18.2 Å². The Bertz CT molecular complexity index is 503. The summed E-state index contributed by atoms with van der Waals surface area (Å²) in [5, 5.41) is 7.44. The fourth-order valence-electron chi connectivity index (χ4n) is 2.47. The van der Waals surface area contributed by atoms with E-state index in [-0.39, 0.29) is 6.04 Å². The standard InChI is InChI=1S/C14H16FN3/c15-14(12-7-4-9-16-12)13-8-10-17-18(13)11-5-2-1-3-6-11/h1-3,5-6,8,10,12,14,16H,4,7,9H2. The summed E-state index contributed by atoms with van der Waals surface area (Å²) in [7, 11) is 0. The molecule has 1 aromatic carbocycles. The van der Waals surface area contributed by atoms with Gasteiger partial charge in [0.2, 0.25) is 0 Å². The molecule has 4 heteroatoms. The summed E-state index contributed by atoms with van der Waals surface area (Å²) in [6.45, 7) is 0.907. The predicted octanol–water partition coefficient (Wildman–Crippen LogP) is 2.63. The minimum absolute atomic E-state index is 0.0795. The molecule has 2 unspecified atom stereocenters. The van der Waals surface area contributed by atoms with Crippen molar-refractivity contribution in [3.63, 3.8) is 0 Å². The summed E-state index contributed by atoms with van der Waals surface area (Å²) >= 11 is 0. The van der Waals surface area contributed by atoms with Gasteiger partial charge in [0, 0.05) is 12.2 Å². The number of nitrogens with one attached hydrogen (secondary N) is 1. The first-order valence-electron chi connectivity index (χ1n) is 6.33. The maximum Gasteiger partial charge on any atom is 0.157 e. The normalized spacial score (nSPS) is 21.1. The topological polar surface area (TPSA) is 29.9 Å². The Balaban J connectivity index is 1.91. The van der Waals surface area contributed by atoms with Gasteiger partial charge in [0.1, 0.15) is 0 Å². The summed E-state index contributed by atoms with van der Waals surface area (Å²) in [5.41, 5.74) is 1.53. The Morgan fingerprint density at radius 2 is 2.11 bits per heavy atom. The van der Waals surface area contributed by atoms with Crippen molar-refractivity contribution in [3.8, 4) is 5.69 Å². The lowest BCUT2D eigenvalue weighted by Crippen LogP contribution is -2.27. The number of para-hydroxylation sites is 1. The Kier molecular flexibility index (Phi) is 3.11. The van der Waals surface area contributed by atoms with Crippen molar-refractivity contribution in [2.24, 2.45) is 0 Å². The first-order valence-corrected chi connectivity index (χ1v) is 6.33. The van der Waals surface area contributed by atoms with E-state index in [1.165, 1.54) is 0 Å². The third-order valence-electron chi connectivity index (χ3n) is 3.41. The van der Waals surface area contributed by atoms with E-state index in [0.717, 1.165) is 25.1 Å². The quantitative estimate of drug-likeness (QED) is 0.901. The molecule has 2 aromatic rings. The molecule has 1 aromatic heterocycles. The highest BCUT2D eigenvalue weighted by Gasteiger charge is 2.28. The highest BCUT2D eigenvalue weighted by atomic mass is 19.1. The van der Waals surface area contributed by atoms with Crippen LogP contribution in [0.4, 0.5) is 4.39 Å². The molecule has 0 bridgehead atoms. The molecule has 3 nitrogen and oxygen atoms in total. The monoisotopic (exact) mass is 245 g/mol. The van der Waals surface area contributed by atoms with Crippen molar-refractivity contribution in [2.45, 2.75) is 25.1 Å². The average molecular weight is 245 g/mol. The van der Waals surface area contributed by atoms with Gasteiger partial charge in [0.25, 0.3) is 0 Å². The SMILES string of the molecule is FC(c1ccnn1-c1ccccc1)C1CCCN1. The number of alkyl halides is 1. The summed E-state index contributed by atoms with van der Waals surface area (Å²) in [6.07, 6.45) is 2.59. The van der Waals surface area contributed by atoms with Crippen molar-refractivity contribution >= 4 is 0 Å². The molecule has 1 N–H and O–H groups in total. The van der Waals surface area contributed by atoms with Crippen molar-refractivity contribution in [1.29, 1.82) is 0 Å². The zero-order chi connectivity index (χ0) is 12.4. The van der Waals surface area contributed by atoms with E-state index in [2.05, 4.69) is 10.4 Å². The third-order valence-corrected chi connectivity index (χ3v) is 3.41. The van der Waals surface area contributed by atoms with E-state index < -0.39 is 6.17 Å². The van der Waals surface area contributed by atoms with Crippen LogP contribution in [0, 0.1) is 0 Å². The number of benzene rings is 1. The summed E-state index contributed by atoms with van der Waals surface area (Å²) in [5.74, 6) is 0. The number of hydrogen-bond acceptors (Lipinski definition) is 2. The van der Waals surface area contributed by atoms with Crippen LogP contribution in [0.1, 0.15) is 24.7 Å². The van der Waals surface area contributed by atoms with Crippen LogP contribution in [-0.4, -0.2) is 22.4 Å². The number of halogens is 1. The zero-order valence-corrected chi connectivity index (χ0v) is 10.1. The first-order chi connectivity index (χ1) is 8.86. The maximum atomic E-state index is 14.5. The van der Waals surface area contributed by atoms with Crippen molar-refractivity contribution in [2.75, 3.05) is 6.54 Å². The molecule has 0 radical (unpaired) electrons. The molecule has 3 rings (SSSR count). The van der Waals surface area contributed by atoms with E-state index in [1.807, 2.05) is 30.3 Å². The summed E-state index contributed by atoms with van der Waals surface area (Å²) in [4.78, 5) is 0. The molecule has 2 heterocycles. The molecule has 1 saturated heterocycles. The van der Waals surface area contributed by atoms with Gasteiger partial charge < -0.3 is 5.32 Å². The lowest BCUT2D eigenvalue weighted by molar-refractivity contribution is 0.260. The van der Waals surface area contributed by atoms with Gasteiger partial charge >= 0.3 is 0 Å². The number of hydrogen-bond donors (Lipinski definition) is 1. The average Bonchev–Trinajstić information content (AvgIpc) is 3.10. The van der Waals surface area contributed by atoms with Crippen LogP contribution >= 0.6 is 0 Å². The maximum absolute atomic E-state index is 14.5. The molecule has 1 fully saturated rings. The molecule has 1 aliphatic heterocycles.